The molecule has 2 aromatic rings. The number of fused-ring (bicyclic) bond motifs is 1. The lowest BCUT2D eigenvalue weighted by molar-refractivity contribution is 0.109. The molecule has 4 nitrogen and oxygen atoms in total. The van der Waals surface area contributed by atoms with Gasteiger partial charge in [-0.15, -0.1) is 0 Å². The number of rotatable bonds is 1. The summed E-state index contributed by atoms with van der Waals surface area (Å²) in [7, 11) is 0. The van der Waals surface area contributed by atoms with Crippen molar-refractivity contribution in [2.75, 3.05) is 12.3 Å². The van der Waals surface area contributed by atoms with Crippen molar-refractivity contribution in [1.29, 1.82) is 0 Å². The second kappa shape index (κ2) is 4.63. The fourth-order valence-electron chi connectivity index (χ4n) is 2.44. The molecule has 1 aromatic heterocycles. The van der Waals surface area contributed by atoms with E-state index in [0.717, 1.165) is 29.1 Å². The first kappa shape index (κ1) is 12.1. The Balaban J connectivity index is 2.13. The first-order valence-electron chi connectivity index (χ1n) is 6.46. The molecule has 1 aliphatic heterocycles. The average molecular weight is 255 g/mol. The summed E-state index contributed by atoms with van der Waals surface area (Å²) in [6.07, 6.45) is 0.806. The fourth-order valence-corrected chi connectivity index (χ4v) is 2.44. The summed E-state index contributed by atoms with van der Waals surface area (Å²) in [5, 5.41) is 0. The van der Waals surface area contributed by atoms with Crippen molar-refractivity contribution in [1.82, 2.24) is 9.97 Å². The van der Waals surface area contributed by atoms with Crippen LogP contribution in [0.1, 0.15) is 22.4 Å². The minimum atomic E-state index is 0.522. The number of ether oxygens (including phenoxy) is 1. The Morgan fingerprint density at radius 2 is 2.05 bits per heavy atom. The molecule has 19 heavy (non-hydrogen) atoms. The van der Waals surface area contributed by atoms with Crippen molar-refractivity contribution in [3.8, 4) is 11.4 Å². The summed E-state index contributed by atoms with van der Waals surface area (Å²) in [5.74, 6) is 1.26. The molecular formula is C15H17N3O. The van der Waals surface area contributed by atoms with E-state index in [1.54, 1.807) is 0 Å². The van der Waals surface area contributed by atoms with Gasteiger partial charge in [0.1, 0.15) is 5.82 Å². The minimum absolute atomic E-state index is 0.522. The number of benzene rings is 1. The van der Waals surface area contributed by atoms with Crippen molar-refractivity contribution < 1.29 is 4.74 Å². The van der Waals surface area contributed by atoms with E-state index >= 15 is 0 Å². The maximum Gasteiger partial charge on any atom is 0.162 e. The molecule has 0 bridgehead atoms. The van der Waals surface area contributed by atoms with Crippen LogP contribution in [0.2, 0.25) is 0 Å². The van der Waals surface area contributed by atoms with Gasteiger partial charge in [-0.1, -0.05) is 23.8 Å². The number of hydrogen-bond acceptors (Lipinski definition) is 4. The Hall–Kier alpha value is -1.94. The van der Waals surface area contributed by atoms with Crippen LogP contribution >= 0.6 is 0 Å². The molecule has 0 aliphatic carbocycles. The molecule has 2 heterocycles. The Morgan fingerprint density at radius 3 is 2.84 bits per heavy atom. The molecule has 1 aromatic carbocycles. The molecule has 4 heteroatoms. The highest BCUT2D eigenvalue weighted by atomic mass is 16.5. The first-order valence-corrected chi connectivity index (χ1v) is 6.46. The van der Waals surface area contributed by atoms with Crippen LogP contribution < -0.4 is 5.73 Å². The molecular weight excluding hydrogens is 238 g/mol. The van der Waals surface area contributed by atoms with Gasteiger partial charge in [-0.2, -0.15) is 0 Å². The van der Waals surface area contributed by atoms with Gasteiger partial charge in [0.15, 0.2) is 5.82 Å². The second-order valence-electron chi connectivity index (χ2n) is 4.98. The molecule has 0 atom stereocenters. The van der Waals surface area contributed by atoms with Crippen LogP contribution in [0.15, 0.2) is 18.2 Å². The van der Waals surface area contributed by atoms with Gasteiger partial charge in [-0.3, -0.25) is 0 Å². The number of hydrogen-bond donors (Lipinski definition) is 1. The van der Waals surface area contributed by atoms with Crippen molar-refractivity contribution in [3.63, 3.8) is 0 Å². The number of aryl methyl sites for hydroxylation is 2. The van der Waals surface area contributed by atoms with Gasteiger partial charge in [0.2, 0.25) is 0 Å². The molecule has 0 amide bonds. The predicted octanol–water partition coefficient (Wildman–Crippen LogP) is 2.42. The lowest BCUT2D eigenvalue weighted by Crippen LogP contribution is -2.16. The molecule has 0 radical (unpaired) electrons. The first-order chi connectivity index (χ1) is 9.15. The van der Waals surface area contributed by atoms with E-state index in [0.29, 0.717) is 19.0 Å². The van der Waals surface area contributed by atoms with Gasteiger partial charge in [0.25, 0.3) is 0 Å². The molecule has 0 fully saturated rings. The maximum atomic E-state index is 6.03. The van der Waals surface area contributed by atoms with Crippen LogP contribution in [0.25, 0.3) is 11.4 Å². The lowest BCUT2D eigenvalue weighted by Gasteiger charge is -2.18. The van der Waals surface area contributed by atoms with Crippen molar-refractivity contribution in [2.24, 2.45) is 0 Å². The summed E-state index contributed by atoms with van der Waals surface area (Å²) in [6, 6.07) is 6.27. The SMILES string of the molecule is Cc1ccc(-c2nc(N)c3c(n2)CCOC3)c(C)c1. The van der Waals surface area contributed by atoms with E-state index in [4.69, 9.17) is 10.5 Å². The predicted molar refractivity (Wildman–Crippen MR) is 74.7 cm³/mol. The number of nitrogens with two attached hydrogens (primary N) is 1. The van der Waals surface area contributed by atoms with E-state index in [-0.39, 0.29) is 0 Å². The summed E-state index contributed by atoms with van der Waals surface area (Å²) >= 11 is 0. The number of nitrogens with zero attached hydrogens (tertiary/aromatic N) is 2. The zero-order chi connectivity index (χ0) is 13.4. The smallest absolute Gasteiger partial charge is 0.162 e. The molecule has 2 N–H and O–H groups in total. The highest BCUT2D eigenvalue weighted by Gasteiger charge is 2.17. The van der Waals surface area contributed by atoms with Gasteiger partial charge in [0, 0.05) is 17.5 Å². The summed E-state index contributed by atoms with van der Waals surface area (Å²) < 4.78 is 5.40. The van der Waals surface area contributed by atoms with Gasteiger partial charge >= 0.3 is 0 Å². The Labute approximate surface area is 112 Å². The molecule has 0 spiro atoms. The highest BCUT2D eigenvalue weighted by Crippen LogP contribution is 2.26. The van der Waals surface area contributed by atoms with Gasteiger partial charge < -0.3 is 10.5 Å². The van der Waals surface area contributed by atoms with Crippen LogP contribution in [-0.4, -0.2) is 16.6 Å². The molecule has 0 saturated carbocycles. The molecule has 0 saturated heterocycles. The van der Waals surface area contributed by atoms with E-state index in [1.807, 2.05) is 0 Å². The topological polar surface area (TPSA) is 61.0 Å². The van der Waals surface area contributed by atoms with E-state index in [2.05, 4.69) is 42.0 Å². The summed E-state index contributed by atoms with van der Waals surface area (Å²) in [4.78, 5) is 9.10. The van der Waals surface area contributed by atoms with Crippen LogP contribution in [-0.2, 0) is 17.8 Å². The quantitative estimate of drug-likeness (QED) is 0.850. The highest BCUT2D eigenvalue weighted by molar-refractivity contribution is 5.63. The monoisotopic (exact) mass is 255 g/mol. The van der Waals surface area contributed by atoms with Crippen molar-refractivity contribution in [3.05, 3.63) is 40.6 Å². The van der Waals surface area contributed by atoms with E-state index < -0.39 is 0 Å². The number of aromatic nitrogens is 2. The molecule has 0 unspecified atom stereocenters. The van der Waals surface area contributed by atoms with Crippen molar-refractivity contribution >= 4 is 5.82 Å². The normalized spacial score (nSPS) is 14.2. The van der Waals surface area contributed by atoms with Gasteiger partial charge in [-0.05, 0) is 19.4 Å². The van der Waals surface area contributed by atoms with Crippen LogP contribution in [0, 0.1) is 13.8 Å². The summed E-state index contributed by atoms with van der Waals surface area (Å²) in [5.41, 5.74) is 11.5. The van der Waals surface area contributed by atoms with Crippen LogP contribution in [0.5, 0.6) is 0 Å². The molecule has 1 aliphatic rings. The van der Waals surface area contributed by atoms with Crippen LogP contribution in [0.4, 0.5) is 5.82 Å². The van der Waals surface area contributed by atoms with Gasteiger partial charge in [-0.25, -0.2) is 9.97 Å². The zero-order valence-electron chi connectivity index (χ0n) is 11.2. The molecule has 3 rings (SSSR count). The van der Waals surface area contributed by atoms with Crippen LogP contribution in [0.3, 0.4) is 0 Å². The lowest BCUT2D eigenvalue weighted by atomic mass is 10.0. The third kappa shape index (κ3) is 2.19. The second-order valence-corrected chi connectivity index (χ2v) is 4.98. The zero-order valence-corrected chi connectivity index (χ0v) is 11.2. The third-order valence-electron chi connectivity index (χ3n) is 3.48. The third-order valence-corrected chi connectivity index (χ3v) is 3.48. The van der Waals surface area contributed by atoms with E-state index in [9.17, 15) is 0 Å². The van der Waals surface area contributed by atoms with E-state index in [1.165, 1.54) is 11.1 Å². The Kier molecular flexibility index (Phi) is 2.95. The fraction of sp³-hybridized carbons (Fsp3) is 0.333. The minimum Gasteiger partial charge on any atom is -0.383 e. The largest absolute Gasteiger partial charge is 0.383 e. The number of anilines is 1. The Bertz CT molecular complexity index is 638. The Morgan fingerprint density at radius 1 is 1.21 bits per heavy atom. The van der Waals surface area contributed by atoms with Gasteiger partial charge in [0.05, 0.1) is 18.9 Å². The van der Waals surface area contributed by atoms with Crippen molar-refractivity contribution in [2.45, 2.75) is 26.9 Å². The molecule has 98 valence electrons. The summed E-state index contributed by atoms with van der Waals surface area (Å²) in [6.45, 7) is 5.38. The standard InChI is InChI=1S/C15H17N3O/c1-9-3-4-11(10(2)7-9)15-17-13-5-6-19-8-12(13)14(16)18-15/h3-4,7H,5-6,8H2,1-2H3,(H2,16,17,18). The number of nitrogen functional groups attached to an aromatic ring is 1. The average Bonchev–Trinajstić information content (AvgIpc) is 2.38. The maximum absolute atomic E-state index is 6.03.